The molecule has 27 heavy (non-hydrogen) atoms. The highest BCUT2D eigenvalue weighted by molar-refractivity contribution is 6.31. The summed E-state index contributed by atoms with van der Waals surface area (Å²) in [7, 11) is 1.87. The number of hydrogen-bond acceptors (Lipinski definition) is 4. The maximum atomic E-state index is 12.5. The van der Waals surface area contributed by atoms with Gasteiger partial charge in [-0.05, 0) is 42.5 Å². The largest absolute Gasteiger partial charge is 0.350 e. The summed E-state index contributed by atoms with van der Waals surface area (Å²) < 4.78 is 1.86. The summed E-state index contributed by atoms with van der Waals surface area (Å²) >= 11 is 6.01. The molecule has 2 aromatic heterocycles. The zero-order chi connectivity index (χ0) is 19.2. The number of anilines is 1. The number of aromatic nitrogens is 2. The molecule has 1 aromatic carbocycles. The number of halogens is 1. The van der Waals surface area contributed by atoms with Crippen molar-refractivity contribution in [1.82, 2.24) is 15.0 Å². The van der Waals surface area contributed by atoms with Crippen molar-refractivity contribution >= 4 is 35.3 Å². The smallest absolute Gasteiger partial charge is 0.273 e. The Labute approximate surface area is 160 Å². The number of carbonyl (C=O) groups excluding carboxylic acids is 2. The van der Waals surface area contributed by atoms with Gasteiger partial charge < -0.3 is 9.88 Å². The Morgan fingerprint density at radius 1 is 1.19 bits per heavy atom. The summed E-state index contributed by atoms with van der Waals surface area (Å²) in [5.41, 5.74) is 4.16. The Kier molecular flexibility index (Phi) is 5.63. The molecule has 8 heteroatoms. The van der Waals surface area contributed by atoms with E-state index in [-0.39, 0.29) is 11.5 Å². The van der Waals surface area contributed by atoms with Crippen LogP contribution in [-0.2, 0) is 7.05 Å². The van der Waals surface area contributed by atoms with Gasteiger partial charge in [-0.1, -0.05) is 11.6 Å². The van der Waals surface area contributed by atoms with E-state index in [2.05, 4.69) is 20.8 Å². The number of amides is 2. The highest BCUT2D eigenvalue weighted by atomic mass is 35.5. The monoisotopic (exact) mass is 381 g/mol. The molecular formula is C19H16ClN5O2. The summed E-state index contributed by atoms with van der Waals surface area (Å²) in [5.74, 6) is -0.878. The molecular weight excluding hydrogens is 366 g/mol. The van der Waals surface area contributed by atoms with Crippen molar-refractivity contribution < 1.29 is 9.59 Å². The molecule has 0 saturated carbocycles. The average Bonchev–Trinajstić information content (AvgIpc) is 3.08. The number of carbonyl (C=O) groups is 2. The number of pyridine rings is 1. The molecule has 0 unspecified atom stereocenters. The molecule has 2 amide bonds. The lowest BCUT2D eigenvalue weighted by Gasteiger charge is -2.10. The van der Waals surface area contributed by atoms with E-state index in [0.717, 1.165) is 5.69 Å². The van der Waals surface area contributed by atoms with Gasteiger partial charge in [0, 0.05) is 30.7 Å². The number of benzene rings is 1. The van der Waals surface area contributed by atoms with E-state index in [1.165, 1.54) is 18.5 Å². The molecule has 2 heterocycles. The summed E-state index contributed by atoms with van der Waals surface area (Å²) in [6, 6.07) is 11.6. The standard InChI is InChI=1S/C19H16ClN5O2/c1-25-9-3-5-15(25)12-22-24-19(27)16-10-14(20)6-7-17(16)23-18(26)13-4-2-8-21-11-13/h2-12H,1H3,(H,23,26)(H,24,27). The van der Waals surface area contributed by atoms with Crippen molar-refractivity contribution in [2.45, 2.75) is 0 Å². The lowest BCUT2D eigenvalue weighted by molar-refractivity contribution is 0.0956. The number of nitrogens with one attached hydrogen (secondary N) is 2. The summed E-state index contributed by atoms with van der Waals surface area (Å²) in [6.07, 6.45) is 6.40. The topological polar surface area (TPSA) is 88.4 Å². The van der Waals surface area contributed by atoms with E-state index in [0.29, 0.717) is 16.3 Å². The van der Waals surface area contributed by atoms with E-state index in [1.807, 2.05) is 29.9 Å². The third-order valence-corrected chi connectivity index (χ3v) is 3.98. The van der Waals surface area contributed by atoms with Gasteiger partial charge >= 0.3 is 0 Å². The van der Waals surface area contributed by atoms with Crippen LogP contribution in [0.25, 0.3) is 0 Å². The maximum Gasteiger partial charge on any atom is 0.273 e. The minimum atomic E-state index is -0.496. The molecule has 7 nitrogen and oxygen atoms in total. The Hall–Kier alpha value is -3.45. The second-order valence-electron chi connectivity index (χ2n) is 5.63. The molecule has 3 rings (SSSR count). The van der Waals surface area contributed by atoms with Crippen LogP contribution >= 0.6 is 11.6 Å². The Morgan fingerprint density at radius 3 is 2.74 bits per heavy atom. The normalized spacial score (nSPS) is 10.7. The number of aryl methyl sites for hydroxylation is 1. The number of hydrogen-bond donors (Lipinski definition) is 2. The predicted molar refractivity (Wildman–Crippen MR) is 104 cm³/mol. The van der Waals surface area contributed by atoms with Crippen molar-refractivity contribution in [2.75, 3.05) is 5.32 Å². The molecule has 0 saturated heterocycles. The summed E-state index contributed by atoms with van der Waals surface area (Å²) in [6.45, 7) is 0. The van der Waals surface area contributed by atoms with E-state index in [1.54, 1.807) is 30.5 Å². The van der Waals surface area contributed by atoms with Crippen LogP contribution in [0.4, 0.5) is 5.69 Å². The lowest BCUT2D eigenvalue weighted by Crippen LogP contribution is -2.21. The Morgan fingerprint density at radius 2 is 2.04 bits per heavy atom. The maximum absolute atomic E-state index is 12.5. The van der Waals surface area contributed by atoms with Crippen molar-refractivity contribution in [3.05, 3.63) is 82.9 Å². The summed E-state index contributed by atoms with van der Waals surface area (Å²) in [5, 5.41) is 7.01. The van der Waals surface area contributed by atoms with Crippen LogP contribution < -0.4 is 10.7 Å². The summed E-state index contributed by atoms with van der Waals surface area (Å²) in [4.78, 5) is 28.7. The highest BCUT2D eigenvalue weighted by Gasteiger charge is 2.15. The van der Waals surface area contributed by atoms with E-state index in [4.69, 9.17) is 11.6 Å². The second kappa shape index (κ2) is 8.29. The van der Waals surface area contributed by atoms with Gasteiger partial charge in [-0.15, -0.1) is 0 Å². The van der Waals surface area contributed by atoms with Crippen LogP contribution in [0, 0.1) is 0 Å². The quantitative estimate of drug-likeness (QED) is 0.525. The molecule has 0 spiro atoms. The van der Waals surface area contributed by atoms with Gasteiger partial charge in [0.25, 0.3) is 11.8 Å². The van der Waals surface area contributed by atoms with Gasteiger partial charge in [0.2, 0.25) is 0 Å². The third-order valence-electron chi connectivity index (χ3n) is 3.75. The first-order valence-corrected chi connectivity index (χ1v) is 8.38. The molecule has 0 atom stereocenters. The molecule has 0 fully saturated rings. The fraction of sp³-hybridized carbons (Fsp3) is 0.0526. The first-order valence-electron chi connectivity index (χ1n) is 8.00. The van der Waals surface area contributed by atoms with Gasteiger partial charge in [0.15, 0.2) is 0 Å². The first kappa shape index (κ1) is 18.3. The van der Waals surface area contributed by atoms with E-state index < -0.39 is 5.91 Å². The number of rotatable bonds is 5. The third kappa shape index (κ3) is 4.59. The van der Waals surface area contributed by atoms with Crippen LogP contribution in [0.2, 0.25) is 5.02 Å². The highest BCUT2D eigenvalue weighted by Crippen LogP contribution is 2.21. The van der Waals surface area contributed by atoms with Crippen LogP contribution in [0.1, 0.15) is 26.4 Å². The van der Waals surface area contributed by atoms with Gasteiger partial charge in [-0.3, -0.25) is 14.6 Å². The van der Waals surface area contributed by atoms with Crippen LogP contribution in [0.15, 0.2) is 66.2 Å². The second-order valence-corrected chi connectivity index (χ2v) is 6.07. The van der Waals surface area contributed by atoms with Crippen molar-refractivity contribution in [1.29, 1.82) is 0 Å². The van der Waals surface area contributed by atoms with Gasteiger partial charge in [-0.25, -0.2) is 5.43 Å². The molecule has 0 aliphatic heterocycles. The zero-order valence-electron chi connectivity index (χ0n) is 14.4. The number of hydrazone groups is 1. The molecule has 0 radical (unpaired) electrons. The van der Waals surface area contributed by atoms with Crippen LogP contribution in [0.5, 0.6) is 0 Å². The van der Waals surface area contributed by atoms with Crippen molar-refractivity contribution in [2.24, 2.45) is 12.1 Å². The van der Waals surface area contributed by atoms with Crippen molar-refractivity contribution in [3.8, 4) is 0 Å². The molecule has 3 aromatic rings. The van der Waals surface area contributed by atoms with Crippen LogP contribution in [-0.4, -0.2) is 27.6 Å². The zero-order valence-corrected chi connectivity index (χ0v) is 15.1. The molecule has 0 aliphatic carbocycles. The fourth-order valence-corrected chi connectivity index (χ4v) is 2.50. The first-order chi connectivity index (χ1) is 13.0. The predicted octanol–water partition coefficient (Wildman–Crippen LogP) is 3.09. The molecule has 0 bridgehead atoms. The Balaban J connectivity index is 1.77. The lowest BCUT2D eigenvalue weighted by atomic mass is 10.1. The van der Waals surface area contributed by atoms with Crippen molar-refractivity contribution in [3.63, 3.8) is 0 Å². The van der Waals surface area contributed by atoms with Gasteiger partial charge in [-0.2, -0.15) is 5.10 Å². The van der Waals surface area contributed by atoms with E-state index in [9.17, 15) is 9.59 Å². The van der Waals surface area contributed by atoms with Crippen LogP contribution in [0.3, 0.4) is 0 Å². The van der Waals surface area contributed by atoms with Gasteiger partial charge in [0.1, 0.15) is 0 Å². The molecule has 136 valence electrons. The fourth-order valence-electron chi connectivity index (χ4n) is 2.33. The Bertz CT molecular complexity index is 998. The average molecular weight is 382 g/mol. The van der Waals surface area contributed by atoms with E-state index >= 15 is 0 Å². The molecule has 2 N–H and O–H groups in total. The minimum absolute atomic E-state index is 0.198. The number of nitrogens with zero attached hydrogens (tertiary/aromatic N) is 3. The SMILES string of the molecule is Cn1cccc1C=NNC(=O)c1cc(Cl)ccc1NC(=O)c1cccnc1. The minimum Gasteiger partial charge on any atom is -0.350 e. The molecule has 0 aliphatic rings. The van der Waals surface area contributed by atoms with Gasteiger partial charge in [0.05, 0.1) is 28.7 Å².